The number of carboxylic acid groups (broad SMARTS) is 1. The lowest BCUT2D eigenvalue weighted by Gasteiger charge is -2.35. The predicted molar refractivity (Wildman–Crippen MR) is 171 cm³/mol. The summed E-state index contributed by atoms with van der Waals surface area (Å²) >= 11 is 0. The fourth-order valence-corrected chi connectivity index (χ4v) is 5.97. The van der Waals surface area contributed by atoms with Gasteiger partial charge in [-0.3, -0.25) is 24.0 Å². The van der Waals surface area contributed by atoms with Gasteiger partial charge >= 0.3 is 12.1 Å². The summed E-state index contributed by atoms with van der Waals surface area (Å²) in [5.74, 6) is -3.02. The van der Waals surface area contributed by atoms with Crippen molar-refractivity contribution in [2.45, 2.75) is 77.1 Å². The molecule has 1 saturated carbocycles. The lowest BCUT2D eigenvalue weighted by molar-refractivity contribution is -0.143. The molecule has 1 aromatic carbocycles. The average molecular weight is 667 g/mol. The molecule has 3 N–H and O–H groups in total. The molecule has 1 aromatic heterocycles. The number of nitrogens with one attached hydrogen (secondary N) is 2. The maximum atomic E-state index is 13.6. The standard InChI is InChI=1S/C33H42N6O9/c1-4-47-33(46)38-14-12-37(13-15-38)32(45)25(18-28(40)41)36-29(42)24-17-27(22-10-7-19(2)16-23(22)35-24)48-20(3)31(44)39-11-5-6-26(39)30(43)34-21-8-9-21/h7,10,16-17,20-21,25-26H,4-6,8-9,11-15,18H2,1-3H3,(H,34,43)(H,36,42)(H,40,41)/t20-,25-,26-/m0/s1. The van der Waals surface area contributed by atoms with Crippen molar-refractivity contribution in [2.75, 3.05) is 39.3 Å². The first-order valence-corrected chi connectivity index (χ1v) is 16.4. The van der Waals surface area contributed by atoms with E-state index in [4.69, 9.17) is 9.47 Å². The molecule has 2 saturated heterocycles. The first-order chi connectivity index (χ1) is 22.9. The van der Waals surface area contributed by atoms with Crippen LogP contribution in [0.4, 0.5) is 4.79 Å². The Morgan fingerprint density at radius 1 is 0.979 bits per heavy atom. The minimum absolute atomic E-state index is 0.138. The highest BCUT2D eigenvalue weighted by atomic mass is 16.6. The largest absolute Gasteiger partial charge is 0.481 e. The molecule has 2 aromatic rings. The molecule has 15 nitrogen and oxygen atoms in total. The van der Waals surface area contributed by atoms with Crippen LogP contribution in [-0.4, -0.2) is 124 Å². The van der Waals surface area contributed by atoms with Gasteiger partial charge in [0, 0.05) is 50.2 Å². The fourth-order valence-electron chi connectivity index (χ4n) is 5.97. The van der Waals surface area contributed by atoms with Crippen LogP contribution >= 0.6 is 0 Å². The molecule has 1 aliphatic carbocycles. The van der Waals surface area contributed by atoms with Crippen molar-refractivity contribution in [3.8, 4) is 5.75 Å². The molecule has 0 bridgehead atoms. The van der Waals surface area contributed by atoms with E-state index in [1.165, 1.54) is 20.8 Å². The number of carbonyl (C=O) groups excluding carboxylic acids is 5. The number of hydrogen-bond donors (Lipinski definition) is 3. The van der Waals surface area contributed by atoms with Crippen molar-refractivity contribution < 1.29 is 43.3 Å². The second kappa shape index (κ2) is 14.9. The van der Waals surface area contributed by atoms with Crippen LogP contribution in [0.25, 0.3) is 10.9 Å². The monoisotopic (exact) mass is 666 g/mol. The lowest BCUT2D eigenvalue weighted by Crippen LogP contribution is -2.56. The van der Waals surface area contributed by atoms with Crippen molar-refractivity contribution in [3.05, 3.63) is 35.5 Å². The van der Waals surface area contributed by atoms with Crippen LogP contribution in [0.1, 0.15) is 62.0 Å². The van der Waals surface area contributed by atoms with Crippen LogP contribution in [0.5, 0.6) is 5.75 Å². The number of carbonyl (C=O) groups is 6. The van der Waals surface area contributed by atoms with Gasteiger partial charge in [-0.05, 0) is 64.2 Å². The summed E-state index contributed by atoms with van der Waals surface area (Å²) in [6.07, 6.45) is 0.972. The van der Waals surface area contributed by atoms with Crippen molar-refractivity contribution in [1.29, 1.82) is 0 Å². The Kier molecular flexibility index (Phi) is 10.6. The minimum Gasteiger partial charge on any atom is -0.481 e. The molecule has 2 aliphatic heterocycles. The van der Waals surface area contributed by atoms with Crippen LogP contribution in [0.3, 0.4) is 0 Å². The third kappa shape index (κ3) is 8.12. The topological polar surface area (TPSA) is 188 Å². The molecule has 3 fully saturated rings. The van der Waals surface area contributed by atoms with E-state index < -0.39 is 48.5 Å². The molecule has 3 heterocycles. The van der Waals surface area contributed by atoms with Crippen LogP contribution in [0.15, 0.2) is 24.3 Å². The Morgan fingerprint density at radius 2 is 1.69 bits per heavy atom. The van der Waals surface area contributed by atoms with Crippen LogP contribution in [0, 0.1) is 6.92 Å². The highest BCUT2D eigenvalue weighted by molar-refractivity contribution is 6.00. The maximum Gasteiger partial charge on any atom is 0.409 e. The first-order valence-electron chi connectivity index (χ1n) is 16.4. The molecule has 15 heteroatoms. The van der Waals surface area contributed by atoms with Gasteiger partial charge in [0.1, 0.15) is 23.5 Å². The first kappa shape index (κ1) is 34.4. The zero-order chi connectivity index (χ0) is 34.5. The normalized spacial score (nSPS) is 19.0. The van der Waals surface area contributed by atoms with Gasteiger partial charge in [0.2, 0.25) is 11.8 Å². The quantitative estimate of drug-likeness (QED) is 0.317. The SMILES string of the molecule is CCOC(=O)N1CCN(C(=O)[C@H](CC(=O)O)NC(=O)c2cc(O[C@@H](C)C(=O)N3CCC[C@H]3C(=O)NC3CC3)c3ccc(C)cc3n2)CC1. The number of aromatic nitrogens is 1. The van der Waals surface area contributed by atoms with Gasteiger partial charge in [-0.15, -0.1) is 0 Å². The maximum absolute atomic E-state index is 13.6. The fraction of sp³-hybridized carbons (Fsp3) is 0.545. The Morgan fingerprint density at radius 3 is 2.35 bits per heavy atom. The van der Waals surface area contributed by atoms with Crippen molar-refractivity contribution in [2.24, 2.45) is 0 Å². The molecule has 5 rings (SSSR count). The zero-order valence-corrected chi connectivity index (χ0v) is 27.4. The van der Waals surface area contributed by atoms with E-state index in [1.807, 2.05) is 13.0 Å². The number of likely N-dealkylation sites (tertiary alicyclic amines) is 1. The number of carboxylic acids is 1. The van der Waals surface area contributed by atoms with Gasteiger partial charge in [-0.1, -0.05) is 6.07 Å². The molecule has 48 heavy (non-hydrogen) atoms. The summed E-state index contributed by atoms with van der Waals surface area (Å²) in [7, 11) is 0. The summed E-state index contributed by atoms with van der Waals surface area (Å²) in [4.78, 5) is 86.0. The number of nitrogens with zero attached hydrogens (tertiary/aromatic N) is 4. The van der Waals surface area contributed by atoms with Gasteiger partial charge in [0.15, 0.2) is 6.10 Å². The molecular weight excluding hydrogens is 624 g/mol. The van der Waals surface area contributed by atoms with E-state index in [9.17, 15) is 33.9 Å². The van der Waals surface area contributed by atoms with Crippen LogP contribution in [-0.2, 0) is 23.9 Å². The number of aryl methyl sites for hydroxylation is 1. The van der Waals surface area contributed by atoms with E-state index in [2.05, 4.69) is 15.6 Å². The van der Waals surface area contributed by atoms with E-state index in [0.29, 0.717) is 30.3 Å². The van der Waals surface area contributed by atoms with Crippen LogP contribution in [0.2, 0.25) is 0 Å². The van der Waals surface area contributed by atoms with Gasteiger partial charge in [0.25, 0.3) is 11.8 Å². The van der Waals surface area contributed by atoms with E-state index in [0.717, 1.165) is 18.4 Å². The van der Waals surface area contributed by atoms with E-state index in [1.54, 1.807) is 26.0 Å². The number of rotatable bonds is 11. The molecule has 3 aliphatic rings. The second-order valence-electron chi connectivity index (χ2n) is 12.4. The smallest absolute Gasteiger partial charge is 0.409 e. The van der Waals surface area contributed by atoms with Crippen molar-refractivity contribution in [1.82, 2.24) is 30.3 Å². The summed E-state index contributed by atoms with van der Waals surface area (Å²) in [6.45, 7) is 6.45. The molecular formula is C33H42N6O9. The number of amides is 5. The molecule has 0 unspecified atom stereocenters. The predicted octanol–water partition coefficient (Wildman–Crippen LogP) is 1.45. The molecule has 0 spiro atoms. The summed E-state index contributed by atoms with van der Waals surface area (Å²) < 4.78 is 11.2. The third-order valence-electron chi connectivity index (χ3n) is 8.67. The molecule has 3 atom stereocenters. The van der Waals surface area contributed by atoms with Gasteiger partial charge in [-0.25, -0.2) is 9.78 Å². The highest BCUT2D eigenvalue weighted by Crippen LogP contribution is 2.29. The Balaban J connectivity index is 1.32. The highest BCUT2D eigenvalue weighted by Gasteiger charge is 2.39. The zero-order valence-electron chi connectivity index (χ0n) is 27.4. The summed E-state index contributed by atoms with van der Waals surface area (Å²) in [5.41, 5.74) is 1.11. The van der Waals surface area contributed by atoms with Gasteiger partial charge in [-0.2, -0.15) is 0 Å². The molecule has 0 radical (unpaired) electrons. The van der Waals surface area contributed by atoms with Gasteiger partial charge in [0.05, 0.1) is 18.5 Å². The van der Waals surface area contributed by atoms with Crippen molar-refractivity contribution >= 4 is 46.6 Å². The van der Waals surface area contributed by atoms with Crippen molar-refractivity contribution in [3.63, 3.8) is 0 Å². The van der Waals surface area contributed by atoms with E-state index in [-0.39, 0.29) is 62.1 Å². The average Bonchev–Trinajstić information content (AvgIpc) is 3.73. The van der Waals surface area contributed by atoms with E-state index >= 15 is 0 Å². The summed E-state index contributed by atoms with van der Waals surface area (Å²) in [5, 5.41) is 15.6. The van der Waals surface area contributed by atoms with Crippen LogP contribution < -0.4 is 15.4 Å². The Hall–Kier alpha value is -4.95. The number of ether oxygens (including phenoxy) is 2. The number of piperazine rings is 1. The number of benzene rings is 1. The number of aliphatic carboxylic acids is 1. The number of hydrogen-bond acceptors (Lipinski definition) is 9. The Bertz CT molecular complexity index is 1590. The minimum atomic E-state index is -1.40. The second-order valence-corrected chi connectivity index (χ2v) is 12.4. The molecule has 258 valence electrons. The summed E-state index contributed by atoms with van der Waals surface area (Å²) in [6, 6.07) is 4.90. The third-order valence-corrected chi connectivity index (χ3v) is 8.67. The molecule has 5 amide bonds. The number of fused-ring (bicyclic) bond motifs is 1. The van der Waals surface area contributed by atoms with Gasteiger partial charge < -0.3 is 39.9 Å². The lowest BCUT2D eigenvalue weighted by atomic mass is 10.1. The Labute approximate surface area is 277 Å². The number of pyridine rings is 1.